The molecule has 1 unspecified atom stereocenters. The standard InChI is InChI=1S/C22H27N3O2/c1-17(2)20(16-26)25(14-19-11-7-4-8-12-19)15-22-24-23-21(27-22)13-18-9-5-3-6-10-18/h3-12,17,20,26H,13-16H2,1-2H3. The largest absolute Gasteiger partial charge is 0.424 e. The molecular weight excluding hydrogens is 338 g/mol. The Bertz CT molecular complexity index is 803. The van der Waals surface area contributed by atoms with Gasteiger partial charge in [-0.05, 0) is 17.0 Å². The molecule has 0 saturated carbocycles. The van der Waals surface area contributed by atoms with Crippen LogP contribution in [-0.4, -0.2) is 32.9 Å². The summed E-state index contributed by atoms with van der Waals surface area (Å²) in [4.78, 5) is 2.21. The van der Waals surface area contributed by atoms with Crippen LogP contribution in [0, 0.1) is 5.92 Å². The van der Waals surface area contributed by atoms with Gasteiger partial charge in [0, 0.05) is 12.6 Å². The number of hydrogen-bond donors (Lipinski definition) is 1. The maximum Gasteiger partial charge on any atom is 0.230 e. The van der Waals surface area contributed by atoms with Crippen molar-refractivity contribution in [2.75, 3.05) is 6.61 Å². The summed E-state index contributed by atoms with van der Waals surface area (Å²) in [6.45, 7) is 5.57. The predicted octanol–water partition coefficient (Wildman–Crippen LogP) is 3.68. The molecule has 1 N–H and O–H groups in total. The van der Waals surface area contributed by atoms with Gasteiger partial charge in [-0.3, -0.25) is 4.90 Å². The third-order valence-electron chi connectivity index (χ3n) is 4.70. The Morgan fingerprint density at radius 1 is 0.852 bits per heavy atom. The van der Waals surface area contributed by atoms with Gasteiger partial charge in [0.05, 0.1) is 19.6 Å². The van der Waals surface area contributed by atoms with E-state index in [1.807, 2.05) is 48.5 Å². The van der Waals surface area contributed by atoms with Crippen LogP contribution < -0.4 is 0 Å². The first kappa shape index (κ1) is 19.3. The third-order valence-corrected chi connectivity index (χ3v) is 4.70. The van der Waals surface area contributed by atoms with Gasteiger partial charge in [0.2, 0.25) is 11.8 Å². The number of aliphatic hydroxyl groups is 1. The van der Waals surface area contributed by atoms with Crippen LogP contribution in [0.3, 0.4) is 0 Å². The Morgan fingerprint density at radius 2 is 1.44 bits per heavy atom. The van der Waals surface area contributed by atoms with Crippen molar-refractivity contribution >= 4 is 0 Å². The first-order chi connectivity index (χ1) is 13.2. The van der Waals surface area contributed by atoms with E-state index < -0.39 is 0 Å². The topological polar surface area (TPSA) is 62.4 Å². The van der Waals surface area contributed by atoms with E-state index in [0.717, 1.165) is 12.1 Å². The second-order valence-electron chi connectivity index (χ2n) is 7.14. The van der Waals surface area contributed by atoms with Gasteiger partial charge in [-0.1, -0.05) is 74.5 Å². The monoisotopic (exact) mass is 365 g/mol. The molecule has 1 aromatic heterocycles. The van der Waals surface area contributed by atoms with E-state index >= 15 is 0 Å². The minimum absolute atomic E-state index is 0.0229. The fourth-order valence-electron chi connectivity index (χ4n) is 3.22. The summed E-state index contributed by atoms with van der Waals surface area (Å²) in [5.41, 5.74) is 2.34. The van der Waals surface area contributed by atoms with Gasteiger partial charge in [0.25, 0.3) is 0 Å². The Labute approximate surface area is 160 Å². The zero-order chi connectivity index (χ0) is 19.1. The molecule has 0 aliphatic rings. The van der Waals surface area contributed by atoms with Crippen LogP contribution in [0.25, 0.3) is 0 Å². The lowest BCUT2D eigenvalue weighted by molar-refractivity contribution is 0.0710. The lowest BCUT2D eigenvalue weighted by atomic mass is 10.0. The molecule has 0 bridgehead atoms. The average Bonchev–Trinajstić information content (AvgIpc) is 3.10. The molecule has 27 heavy (non-hydrogen) atoms. The van der Waals surface area contributed by atoms with Crippen molar-refractivity contribution in [2.24, 2.45) is 5.92 Å². The molecule has 0 amide bonds. The van der Waals surface area contributed by atoms with Gasteiger partial charge in [-0.25, -0.2) is 0 Å². The normalized spacial score (nSPS) is 12.6. The number of hydrogen-bond acceptors (Lipinski definition) is 5. The second-order valence-corrected chi connectivity index (χ2v) is 7.14. The van der Waals surface area contributed by atoms with Gasteiger partial charge >= 0.3 is 0 Å². The van der Waals surface area contributed by atoms with Gasteiger partial charge in [-0.15, -0.1) is 10.2 Å². The van der Waals surface area contributed by atoms with Crippen molar-refractivity contribution in [3.8, 4) is 0 Å². The molecule has 0 fully saturated rings. The Kier molecular flexibility index (Phi) is 6.74. The molecule has 3 aromatic rings. The van der Waals surface area contributed by atoms with Crippen molar-refractivity contribution in [1.82, 2.24) is 15.1 Å². The van der Waals surface area contributed by atoms with Gasteiger partial charge in [0.15, 0.2) is 0 Å². The zero-order valence-electron chi connectivity index (χ0n) is 16.0. The average molecular weight is 365 g/mol. The van der Waals surface area contributed by atoms with E-state index in [2.05, 4.69) is 41.1 Å². The lowest BCUT2D eigenvalue weighted by Crippen LogP contribution is -2.40. The van der Waals surface area contributed by atoms with Crippen LogP contribution >= 0.6 is 0 Å². The highest BCUT2D eigenvalue weighted by atomic mass is 16.4. The first-order valence-corrected chi connectivity index (χ1v) is 9.39. The number of benzene rings is 2. The maximum atomic E-state index is 9.91. The van der Waals surface area contributed by atoms with Crippen molar-refractivity contribution < 1.29 is 9.52 Å². The molecule has 0 aliphatic carbocycles. The van der Waals surface area contributed by atoms with Crippen molar-refractivity contribution in [1.29, 1.82) is 0 Å². The molecule has 142 valence electrons. The minimum Gasteiger partial charge on any atom is -0.424 e. The highest BCUT2D eigenvalue weighted by Crippen LogP contribution is 2.18. The Balaban J connectivity index is 1.73. The molecule has 2 aromatic carbocycles. The van der Waals surface area contributed by atoms with Crippen molar-refractivity contribution in [2.45, 2.75) is 39.4 Å². The summed E-state index contributed by atoms with van der Waals surface area (Å²) in [6.07, 6.45) is 0.625. The molecule has 1 atom stereocenters. The third kappa shape index (κ3) is 5.49. The Morgan fingerprint density at radius 3 is 2.04 bits per heavy atom. The number of aliphatic hydroxyl groups excluding tert-OH is 1. The zero-order valence-corrected chi connectivity index (χ0v) is 16.0. The highest BCUT2D eigenvalue weighted by Gasteiger charge is 2.23. The smallest absolute Gasteiger partial charge is 0.230 e. The number of rotatable bonds is 9. The van der Waals surface area contributed by atoms with E-state index in [0.29, 0.717) is 30.7 Å². The summed E-state index contributed by atoms with van der Waals surface area (Å²) >= 11 is 0. The van der Waals surface area contributed by atoms with Crippen LogP contribution in [0.15, 0.2) is 65.1 Å². The molecule has 1 heterocycles. The van der Waals surface area contributed by atoms with Crippen molar-refractivity contribution in [3.63, 3.8) is 0 Å². The fourth-order valence-corrected chi connectivity index (χ4v) is 3.22. The second kappa shape index (κ2) is 9.44. The van der Waals surface area contributed by atoms with E-state index in [4.69, 9.17) is 4.42 Å². The highest BCUT2D eigenvalue weighted by molar-refractivity contribution is 5.18. The van der Waals surface area contributed by atoms with Crippen LogP contribution in [0.5, 0.6) is 0 Å². The van der Waals surface area contributed by atoms with Crippen LogP contribution in [0.1, 0.15) is 36.8 Å². The van der Waals surface area contributed by atoms with Crippen LogP contribution in [0.4, 0.5) is 0 Å². The van der Waals surface area contributed by atoms with Crippen LogP contribution in [-0.2, 0) is 19.5 Å². The molecule has 5 nitrogen and oxygen atoms in total. The summed E-state index contributed by atoms with van der Waals surface area (Å²) in [5.74, 6) is 1.50. The first-order valence-electron chi connectivity index (χ1n) is 9.39. The summed E-state index contributed by atoms with van der Waals surface area (Å²) in [6, 6.07) is 20.4. The minimum atomic E-state index is 0.0229. The molecule has 0 saturated heterocycles. The molecule has 3 rings (SSSR count). The summed E-state index contributed by atoms with van der Waals surface area (Å²) < 4.78 is 5.88. The molecule has 0 aliphatic heterocycles. The molecule has 0 spiro atoms. The SMILES string of the molecule is CC(C)C(CO)N(Cc1ccccc1)Cc1nnc(Cc2ccccc2)o1. The maximum absolute atomic E-state index is 9.91. The predicted molar refractivity (Wildman–Crippen MR) is 105 cm³/mol. The van der Waals surface area contributed by atoms with Crippen LogP contribution in [0.2, 0.25) is 0 Å². The van der Waals surface area contributed by atoms with E-state index in [9.17, 15) is 5.11 Å². The summed E-state index contributed by atoms with van der Waals surface area (Å²) in [5, 5.41) is 18.3. The number of aromatic nitrogens is 2. The summed E-state index contributed by atoms with van der Waals surface area (Å²) in [7, 11) is 0. The number of nitrogens with zero attached hydrogens (tertiary/aromatic N) is 3. The molecule has 5 heteroatoms. The molecular formula is C22H27N3O2. The lowest BCUT2D eigenvalue weighted by Gasteiger charge is -2.32. The van der Waals surface area contributed by atoms with Crippen molar-refractivity contribution in [3.05, 3.63) is 83.6 Å². The molecule has 0 radical (unpaired) electrons. The quantitative estimate of drug-likeness (QED) is 0.627. The van der Waals surface area contributed by atoms with E-state index in [1.54, 1.807) is 0 Å². The fraction of sp³-hybridized carbons (Fsp3) is 0.364. The van der Waals surface area contributed by atoms with Gasteiger partial charge in [-0.2, -0.15) is 0 Å². The van der Waals surface area contributed by atoms with E-state index in [-0.39, 0.29) is 12.6 Å². The van der Waals surface area contributed by atoms with Gasteiger partial charge < -0.3 is 9.52 Å². The van der Waals surface area contributed by atoms with E-state index in [1.165, 1.54) is 5.56 Å². The van der Waals surface area contributed by atoms with Gasteiger partial charge in [0.1, 0.15) is 0 Å². The Hall–Kier alpha value is -2.50.